The molecule has 1 aliphatic heterocycles. The summed E-state index contributed by atoms with van der Waals surface area (Å²) in [5.41, 5.74) is 0.493. The minimum absolute atomic E-state index is 0.173. The molecule has 1 saturated heterocycles. The van der Waals surface area contributed by atoms with Crippen molar-refractivity contribution < 1.29 is 14.4 Å². The van der Waals surface area contributed by atoms with Crippen molar-refractivity contribution in [3.8, 4) is 0 Å². The average Bonchev–Trinajstić information content (AvgIpc) is 2.79. The molecule has 0 aromatic carbocycles. The molecule has 0 bridgehead atoms. The van der Waals surface area contributed by atoms with Crippen molar-refractivity contribution in [2.24, 2.45) is 0 Å². The fourth-order valence-electron chi connectivity index (χ4n) is 2.06. The van der Waals surface area contributed by atoms with Crippen molar-refractivity contribution in [2.45, 2.75) is 12.8 Å². The summed E-state index contributed by atoms with van der Waals surface area (Å²) in [5.74, 6) is 0.0910. The number of aromatic nitrogens is 1. The predicted molar refractivity (Wildman–Crippen MR) is 76.9 cm³/mol. The van der Waals surface area contributed by atoms with Crippen LogP contribution in [0.5, 0.6) is 0 Å². The highest BCUT2D eigenvalue weighted by Crippen LogP contribution is 2.11. The second kappa shape index (κ2) is 6.34. The van der Waals surface area contributed by atoms with Crippen LogP contribution >= 0.6 is 0 Å². The lowest BCUT2D eigenvalue weighted by molar-refractivity contribution is -0.138. The van der Waals surface area contributed by atoms with E-state index in [1.165, 1.54) is 4.90 Å². The van der Waals surface area contributed by atoms with E-state index < -0.39 is 0 Å². The maximum absolute atomic E-state index is 12.0. The molecule has 0 aliphatic carbocycles. The molecule has 7 heteroatoms. The Balaban J connectivity index is 1.89. The summed E-state index contributed by atoms with van der Waals surface area (Å²) in [7, 11) is 3.68. The van der Waals surface area contributed by atoms with Gasteiger partial charge in [-0.15, -0.1) is 0 Å². The third-order valence-corrected chi connectivity index (χ3v) is 3.24. The van der Waals surface area contributed by atoms with Crippen LogP contribution in [-0.4, -0.2) is 54.8 Å². The summed E-state index contributed by atoms with van der Waals surface area (Å²) in [6.07, 6.45) is 2.10. The third-order valence-electron chi connectivity index (χ3n) is 3.24. The molecule has 3 amide bonds. The zero-order valence-electron chi connectivity index (χ0n) is 12.1. The lowest BCUT2D eigenvalue weighted by Gasteiger charge is -2.15. The smallest absolute Gasteiger partial charge is 0.251 e. The van der Waals surface area contributed by atoms with Crippen LogP contribution in [-0.2, 0) is 9.59 Å². The Labute approximate surface area is 122 Å². The number of amides is 3. The SMILES string of the molecule is CN(C)c1cc(C(=O)NCCN2C(=O)CCC2=O)ccn1. The van der Waals surface area contributed by atoms with E-state index in [1.54, 1.807) is 23.2 Å². The van der Waals surface area contributed by atoms with Crippen molar-refractivity contribution >= 4 is 23.5 Å². The number of carbonyl (C=O) groups is 3. The van der Waals surface area contributed by atoms with Gasteiger partial charge in [-0.05, 0) is 12.1 Å². The van der Waals surface area contributed by atoms with E-state index in [0.29, 0.717) is 11.4 Å². The zero-order chi connectivity index (χ0) is 15.4. The highest BCUT2D eigenvalue weighted by atomic mass is 16.2. The molecule has 1 fully saturated rings. The summed E-state index contributed by atoms with van der Waals surface area (Å²) in [6.45, 7) is 0.463. The van der Waals surface area contributed by atoms with Gasteiger partial charge in [0.05, 0.1) is 0 Å². The summed E-state index contributed by atoms with van der Waals surface area (Å²) >= 11 is 0. The van der Waals surface area contributed by atoms with Crippen LogP contribution in [0, 0.1) is 0 Å². The van der Waals surface area contributed by atoms with Gasteiger partial charge in [0.15, 0.2) is 0 Å². The predicted octanol–water partition coefficient (Wildman–Crippen LogP) is 0.0264. The molecule has 2 rings (SSSR count). The van der Waals surface area contributed by atoms with Crippen LogP contribution in [0.2, 0.25) is 0 Å². The van der Waals surface area contributed by atoms with Crippen LogP contribution in [0.4, 0.5) is 5.82 Å². The topological polar surface area (TPSA) is 82.6 Å². The number of carbonyl (C=O) groups excluding carboxylic acids is 3. The number of anilines is 1. The van der Waals surface area contributed by atoms with Crippen molar-refractivity contribution in [3.63, 3.8) is 0 Å². The van der Waals surface area contributed by atoms with Crippen LogP contribution in [0.25, 0.3) is 0 Å². The van der Waals surface area contributed by atoms with Gasteiger partial charge >= 0.3 is 0 Å². The molecule has 0 radical (unpaired) electrons. The molecular weight excluding hydrogens is 272 g/mol. The summed E-state index contributed by atoms with van der Waals surface area (Å²) in [6, 6.07) is 3.30. The molecule has 0 saturated carbocycles. The quantitative estimate of drug-likeness (QED) is 0.773. The minimum Gasteiger partial charge on any atom is -0.363 e. The Kier molecular flexibility index (Phi) is 4.52. The van der Waals surface area contributed by atoms with Gasteiger partial charge in [0.2, 0.25) is 11.8 Å². The van der Waals surface area contributed by atoms with Crippen LogP contribution in [0.1, 0.15) is 23.2 Å². The van der Waals surface area contributed by atoms with E-state index in [0.717, 1.165) is 0 Å². The first-order valence-electron chi connectivity index (χ1n) is 6.74. The number of rotatable bonds is 5. The van der Waals surface area contributed by atoms with Crippen molar-refractivity contribution in [2.75, 3.05) is 32.1 Å². The maximum Gasteiger partial charge on any atom is 0.251 e. The Morgan fingerprint density at radius 2 is 2.00 bits per heavy atom. The Morgan fingerprint density at radius 1 is 1.33 bits per heavy atom. The van der Waals surface area contributed by atoms with E-state index in [-0.39, 0.29) is 43.7 Å². The average molecular weight is 290 g/mol. The zero-order valence-corrected chi connectivity index (χ0v) is 12.1. The molecule has 21 heavy (non-hydrogen) atoms. The van der Waals surface area contributed by atoms with Crippen LogP contribution in [0.15, 0.2) is 18.3 Å². The Bertz CT molecular complexity index is 555. The van der Waals surface area contributed by atoms with E-state index >= 15 is 0 Å². The van der Waals surface area contributed by atoms with Gasteiger partial charge in [-0.2, -0.15) is 0 Å². The first kappa shape index (κ1) is 15.0. The number of hydrogen-bond acceptors (Lipinski definition) is 5. The van der Waals surface area contributed by atoms with Gasteiger partial charge < -0.3 is 10.2 Å². The Hall–Kier alpha value is -2.44. The largest absolute Gasteiger partial charge is 0.363 e. The summed E-state index contributed by atoms with van der Waals surface area (Å²) in [5, 5.41) is 2.70. The number of nitrogens with one attached hydrogen (secondary N) is 1. The molecule has 7 nitrogen and oxygen atoms in total. The second-order valence-electron chi connectivity index (χ2n) is 4.99. The highest BCUT2D eigenvalue weighted by molar-refractivity contribution is 6.02. The number of pyridine rings is 1. The van der Waals surface area contributed by atoms with E-state index in [4.69, 9.17) is 0 Å². The molecule has 1 N–H and O–H groups in total. The van der Waals surface area contributed by atoms with Gasteiger partial charge in [-0.3, -0.25) is 19.3 Å². The van der Waals surface area contributed by atoms with Gasteiger partial charge in [0, 0.05) is 51.8 Å². The molecule has 2 heterocycles. The Morgan fingerprint density at radius 3 is 2.62 bits per heavy atom. The molecule has 0 unspecified atom stereocenters. The fraction of sp³-hybridized carbons (Fsp3) is 0.429. The molecule has 1 aromatic heterocycles. The van der Waals surface area contributed by atoms with Crippen molar-refractivity contribution in [3.05, 3.63) is 23.9 Å². The van der Waals surface area contributed by atoms with Gasteiger partial charge in [-0.25, -0.2) is 4.98 Å². The van der Waals surface area contributed by atoms with Gasteiger partial charge in [0.25, 0.3) is 5.91 Å². The van der Waals surface area contributed by atoms with E-state index in [2.05, 4.69) is 10.3 Å². The molecular formula is C14H18N4O3. The molecule has 112 valence electrons. The van der Waals surface area contributed by atoms with Crippen LogP contribution in [0.3, 0.4) is 0 Å². The minimum atomic E-state index is -0.250. The third kappa shape index (κ3) is 3.56. The van der Waals surface area contributed by atoms with E-state index in [9.17, 15) is 14.4 Å². The lowest BCUT2D eigenvalue weighted by Crippen LogP contribution is -2.37. The van der Waals surface area contributed by atoms with Crippen molar-refractivity contribution in [1.82, 2.24) is 15.2 Å². The first-order valence-corrected chi connectivity index (χ1v) is 6.74. The maximum atomic E-state index is 12.0. The number of nitrogens with zero attached hydrogens (tertiary/aromatic N) is 3. The molecule has 1 aliphatic rings. The van der Waals surface area contributed by atoms with Crippen LogP contribution < -0.4 is 10.2 Å². The van der Waals surface area contributed by atoms with Gasteiger partial charge in [0.1, 0.15) is 5.82 Å². The summed E-state index contributed by atoms with van der Waals surface area (Å²) in [4.78, 5) is 42.0. The van der Waals surface area contributed by atoms with Crippen molar-refractivity contribution in [1.29, 1.82) is 0 Å². The molecule has 0 spiro atoms. The lowest BCUT2D eigenvalue weighted by atomic mass is 10.2. The van der Waals surface area contributed by atoms with Gasteiger partial charge in [-0.1, -0.05) is 0 Å². The molecule has 0 atom stereocenters. The fourth-order valence-corrected chi connectivity index (χ4v) is 2.06. The highest BCUT2D eigenvalue weighted by Gasteiger charge is 2.28. The monoisotopic (exact) mass is 290 g/mol. The van der Waals surface area contributed by atoms with E-state index in [1.807, 2.05) is 14.1 Å². The normalized spacial score (nSPS) is 14.5. The number of imide groups is 1. The standard InChI is InChI=1S/C14H18N4O3/c1-17(2)11-9-10(5-6-15-11)14(21)16-7-8-18-12(19)3-4-13(18)20/h5-6,9H,3-4,7-8H2,1-2H3,(H,16,21). The number of hydrogen-bond donors (Lipinski definition) is 1. The number of likely N-dealkylation sites (tertiary alicyclic amines) is 1. The molecule has 1 aromatic rings. The second-order valence-corrected chi connectivity index (χ2v) is 4.99. The first-order chi connectivity index (χ1) is 9.99. The summed E-state index contributed by atoms with van der Waals surface area (Å²) < 4.78 is 0.